The van der Waals surface area contributed by atoms with Crippen LogP contribution in [0.5, 0.6) is 5.75 Å². The summed E-state index contributed by atoms with van der Waals surface area (Å²) in [5.74, 6) is 1.03. The van der Waals surface area contributed by atoms with Crippen LogP contribution in [0.25, 0.3) is 0 Å². The van der Waals surface area contributed by atoms with Crippen LogP contribution < -0.4 is 10.5 Å². The van der Waals surface area contributed by atoms with Crippen molar-refractivity contribution in [2.75, 3.05) is 12.3 Å². The second-order valence-corrected chi connectivity index (χ2v) is 5.29. The van der Waals surface area contributed by atoms with Gasteiger partial charge in [-0.1, -0.05) is 38.1 Å². The number of anilines is 1. The molecule has 0 saturated heterocycles. The van der Waals surface area contributed by atoms with Gasteiger partial charge in [-0.3, -0.25) is 4.79 Å². The summed E-state index contributed by atoms with van der Waals surface area (Å²) in [5, 5.41) is 0. The first-order valence-corrected chi connectivity index (χ1v) is 7.20. The maximum Gasteiger partial charge on any atom is 0.195 e. The molecule has 0 bridgehead atoms. The summed E-state index contributed by atoms with van der Waals surface area (Å²) in [4.78, 5) is 12.6. The molecule has 0 fully saturated rings. The summed E-state index contributed by atoms with van der Waals surface area (Å²) >= 11 is 0. The van der Waals surface area contributed by atoms with Crippen LogP contribution in [-0.2, 0) is 0 Å². The van der Waals surface area contributed by atoms with E-state index in [1.54, 1.807) is 18.2 Å². The standard InChI is InChI=1S/C18H21NO2/c1-4-21-15-9-10-17(19)16(11-15)18(20)14-7-5-13(6-8-14)12(2)3/h5-12H,4,19H2,1-3H3. The Morgan fingerprint density at radius 1 is 1.14 bits per heavy atom. The molecule has 0 spiro atoms. The fraction of sp³-hybridized carbons (Fsp3) is 0.278. The quantitative estimate of drug-likeness (QED) is 0.666. The Kier molecular flexibility index (Phi) is 4.63. The molecule has 0 aliphatic heterocycles. The molecule has 21 heavy (non-hydrogen) atoms. The number of carbonyl (C=O) groups excluding carboxylic acids is 1. The first-order valence-electron chi connectivity index (χ1n) is 7.20. The first kappa shape index (κ1) is 15.1. The second kappa shape index (κ2) is 6.44. The molecule has 2 N–H and O–H groups in total. The Labute approximate surface area is 125 Å². The molecule has 2 aromatic carbocycles. The molecule has 0 aromatic heterocycles. The SMILES string of the molecule is CCOc1ccc(N)c(C(=O)c2ccc(C(C)C)cc2)c1. The van der Waals surface area contributed by atoms with E-state index in [2.05, 4.69) is 13.8 Å². The molecular formula is C18H21NO2. The average Bonchev–Trinajstić information content (AvgIpc) is 2.49. The molecule has 0 atom stereocenters. The maximum absolute atomic E-state index is 12.6. The molecule has 110 valence electrons. The van der Waals surface area contributed by atoms with Crippen LogP contribution in [-0.4, -0.2) is 12.4 Å². The largest absolute Gasteiger partial charge is 0.494 e. The van der Waals surface area contributed by atoms with Crippen LogP contribution in [0.2, 0.25) is 0 Å². The van der Waals surface area contributed by atoms with E-state index in [1.807, 2.05) is 31.2 Å². The summed E-state index contributed by atoms with van der Waals surface area (Å²) in [7, 11) is 0. The molecule has 0 amide bonds. The highest BCUT2D eigenvalue weighted by Gasteiger charge is 2.14. The zero-order chi connectivity index (χ0) is 15.4. The van der Waals surface area contributed by atoms with Crippen molar-refractivity contribution in [3.05, 3.63) is 59.2 Å². The van der Waals surface area contributed by atoms with Crippen molar-refractivity contribution in [3.8, 4) is 5.75 Å². The maximum atomic E-state index is 12.6. The Balaban J connectivity index is 2.32. The minimum atomic E-state index is -0.0793. The molecule has 0 aliphatic rings. The summed E-state index contributed by atoms with van der Waals surface area (Å²) in [6.45, 7) is 6.71. The second-order valence-electron chi connectivity index (χ2n) is 5.29. The lowest BCUT2D eigenvalue weighted by molar-refractivity contribution is 0.103. The van der Waals surface area contributed by atoms with E-state index in [0.29, 0.717) is 35.1 Å². The van der Waals surface area contributed by atoms with Crippen molar-refractivity contribution in [2.24, 2.45) is 0 Å². The van der Waals surface area contributed by atoms with Gasteiger partial charge in [0.1, 0.15) is 5.75 Å². The van der Waals surface area contributed by atoms with Crippen molar-refractivity contribution >= 4 is 11.5 Å². The van der Waals surface area contributed by atoms with Crippen LogP contribution in [0.3, 0.4) is 0 Å². The van der Waals surface area contributed by atoms with E-state index in [1.165, 1.54) is 5.56 Å². The molecule has 3 nitrogen and oxygen atoms in total. The Bertz CT molecular complexity index is 630. The fourth-order valence-electron chi connectivity index (χ4n) is 2.16. The van der Waals surface area contributed by atoms with Gasteiger partial charge in [0, 0.05) is 16.8 Å². The van der Waals surface area contributed by atoms with Crippen molar-refractivity contribution < 1.29 is 9.53 Å². The average molecular weight is 283 g/mol. The van der Waals surface area contributed by atoms with Gasteiger partial charge in [-0.25, -0.2) is 0 Å². The van der Waals surface area contributed by atoms with E-state index in [4.69, 9.17) is 10.5 Å². The minimum absolute atomic E-state index is 0.0793. The van der Waals surface area contributed by atoms with E-state index in [9.17, 15) is 4.79 Å². The van der Waals surface area contributed by atoms with Crippen LogP contribution in [0, 0.1) is 0 Å². The molecule has 0 aliphatic carbocycles. The van der Waals surface area contributed by atoms with Gasteiger partial charge in [-0.2, -0.15) is 0 Å². The molecule has 0 radical (unpaired) electrons. The van der Waals surface area contributed by atoms with Gasteiger partial charge in [0.25, 0.3) is 0 Å². The van der Waals surface area contributed by atoms with Gasteiger partial charge >= 0.3 is 0 Å². The number of nitrogen functional groups attached to an aromatic ring is 1. The molecule has 0 saturated carbocycles. The van der Waals surface area contributed by atoms with Gasteiger partial charge in [0.15, 0.2) is 5.78 Å². The molecule has 3 heteroatoms. The normalized spacial score (nSPS) is 10.7. The number of carbonyl (C=O) groups is 1. The summed E-state index contributed by atoms with van der Waals surface area (Å²) in [6.07, 6.45) is 0. The monoisotopic (exact) mass is 283 g/mol. The number of nitrogens with two attached hydrogens (primary N) is 1. The molecule has 0 heterocycles. The van der Waals surface area contributed by atoms with Crippen molar-refractivity contribution in [3.63, 3.8) is 0 Å². The first-order chi connectivity index (χ1) is 10.0. The molecular weight excluding hydrogens is 262 g/mol. The Hall–Kier alpha value is -2.29. The van der Waals surface area contributed by atoms with Gasteiger partial charge in [-0.15, -0.1) is 0 Å². The van der Waals surface area contributed by atoms with Crippen molar-refractivity contribution in [1.29, 1.82) is 0 Å². The number of hydrogen-bond donors (Lipinski definition) is 1. The zero-order valence-corrected chi connectivity index (χ0v) is 12.7. The van der Waals surface area contributed by atoms with Crippen LogP contribution in [0.1, 0.15) is 48.2 Å². The number of benzene rings is 2. The van der Waals surface area contributed by atoms with E-state index >= 15 is 0 Å². The topological polar surface area (TPSA) is 52.3 Å². The predicted molar refractivity (Wildman–Crippen MR) is 86.0 cm³/mol. The fourth-order valence-corrected chi connectivity index (χ4v) is 2.16. The smallest absolute Gasteiger partial charge is 0.195 e. The van der Waals surface area contributed by atoms with Crippen LogP contribution in [0.4, 0.5) is 5.69 Å². The number of hydrogen-bond acceptors (Lipinski definition) is 3. The van der Waals surface area contributed by atoms with Gasteiger partial charge < -0.3 is 10.5 Å². The minimum Gasteiger partial charge on any atom is -0.494 e. The van der Waals surface area contributed by atoms with Gasteiger partial charge in [0.05, 0.1) is 6.61 Å². The lowest BCUT2D eigenvalue weighted by Crippen LogP contribution is -2.06. The van der Waals surface area contributed by atoms with Gasteiger partial charge in [-0.05, 0) is 36.6 Å². The predicted octanol–water partition coefficient (Wildman–Crippen LogP) is 4.02. The van der Waals surface area contributed by atoms with E-state index < -0.39 is 0 Å². The third-order valence-corrected chi connectivity index (χ3v) is 3.42. The molecule has 2 rings (SSSR count). The van der Waals surface area contributed by atoms with E-state index in [0.717, 1.165) is 0 Å². The molecule has 2 aromatic rings. The highest BCUT2D eigenvalue weighted by Crippen LogP contribution is 2.23. The summed E-state index contributed by atoms with van der Waals surface area (Å²) < 4.78 is 5.43. The van der Waals surface area contributed by atoms with Crippen molar-refractivity contribution in [2.45, 2.75) is 26.7 Å². The van der Waals surface area contributed by atoms with E-state index in [-0.39, 0.29) is 5.78 Å². The van der Waals surface area contributed by atoms with Crippen LogP contribution in [0.15, 0.2) is 42.5 Å². The third-order valence-electron chi connectivity index (χ3n) is 3.42. The summed E-state index contributed by atoms with van der Waals surface area (Å²) in [6, 6.07) is 12.9. The van der Waals surface area contributed by atoms with Crippen LogP contribution >= 0.6 is 0 Å². The Morgan fingerprint density at radius 3 is 2.38 bits per heavy atom. The number of ketones is 1. The summed E-state index contributed by atoms with van der Waals surface area (Å²) in [5.41, 5.74) is 8.73. The lowest BCUT2D eigenvalue weighted by Gasteiger charge is -2.10. The lowest BCUT2D eigenvalue weighted by atomic mass is 9.97. The highest BCUT2D eigenvalue weighted by atomic mass is 16.5. The van der Waals surface area contributed by atoms with Crippen molar-refractivity contribution in [1.82, 2.24) is 0 Å². The zero-order valence-electron chi connectivity index (χ0n) is 12.7. The number of rotatable bonds is 5. The van der Waals surface area contributed by atoms with Gasteiger partial charge in [0.2, 0.25) is 0 Å². The third kappa shape index (κ3) is 3.43. The molecule has 0 unspecified atom stereocenters. The Morgan fingerprint density at radius 2 is 1.81 bits per heavy atom. The highest BCUT2D eigenvalue weighted by molar-refractivity contribution is 6.12. The number of ether oxygens (including phenoxy) is 1.